The van der Waals surface area contributed by atoms with E-state index in [0.29, 0.717) is 13.0 Å². The van der Waals surface area contributed by atoms with Gasteiger partial charge in [0.1, 0.15) is 0 Å². The molecule has 0 fully saturated rings. The molecule has 2 amide bonds. The van der Waals surface area contributed by atoms with Crippen molar-refractivity contribution >= 4 is 6.03 Å². The molecule has 2 atom stereocenters. The lowest BCUT2D eigenvalue weighted by Crippen LogP contribution is -2.52. The summed E-state index contributed by atoms with van der Waals surface area (Å²) in [5, 5.41) is 13.6. The second-order valence-corrected chi connectivity index (χ2v) is 7.84. The maximum Gasteiger partial charge on any atom is 0.318 e. The van der Waals surface area contributed by atoms with Crippen LogP contribution in [0.15, 0.2) is 54.9 Å². The number of carbonyl (C=O) groups excluding carboxylic acids is 1. The van der Waals surface area contributed by atoms with Gasteiger partial charge in [-0.1, -0.05) is 30.3 Å². The Kier molecular flexibility index (Phi) is 7.33. The van der Waals surface area contributed by atoms with Crippen LogP contribution in [0.5, 0.6) is 0 Å². The fourth-order valence-corrected chi connectivity index (χ4v) is 2.71. The number of hydrogen-bond donors (Lipinski definition) is 3. The van der Waals surface area contributed by atoms with E-state index in [1.54, 1.807) is 17.3 Å². The van der Waals surface area contributed by atoms with Crippen LogP contribution >= 0.6 is 0 Å². The number of pyridine rings is 1. The number of nitrogens with zero attached hydrogens (tertiary/aromatic N) is 2. The normalized spacial score (nSPS) is 13.7. The minimum Gasteiger partial charge on any atom is -0.390 e. The van der Waals surface area contributed by atoms with Crippen molar-refractivity contribution in [3.63, 3.8) is 0 Å². The Morgan fingerprint density at radius 2 is 1.78 bits per heavy atom. The van der Waals surface area contributed by atoms with Gasteiger partial charge in [0.25, 0.3) is 0 Å². The van der Waals surface area contributed by atoms with Gasteiger partial charge in [0.15, 0.2) is 0 Å². The van der Waals surface area contributed by atoms with E-state index in [2.05, 4.69) is 10.3 Å². The van der Waals surface area contributed by atoms with Crippen LogP contribution in [-0.4, -0.2) is 45.3 Å². The molecular weight excluding hydrogens is 340 g/mol. The van der Waals surface area contributed by atoms with Gasteiger partial charge in [-0.05, 0) is 50.5 Å². The van der Waals surface area contributed by atoms with Gasteiger partial charge < -0.3 is 21.1 Å². The molecule has 0 unspecified atom stereocenters. The summed E-state index contributed by atoms with van der Waals surface area (Å²) in [5.41, 5.74) is 7.83. The number of rotatable bonds is 7. The Labute approximate surface area is 161 Å². The van der Waals surface area contributed by atoms with Crippen molar-refractivity contribution in [1.82, 2.24) is 15.2 Å². The number of amides is 2. The van der Waals surface area contributed by atoms with Crippen molar-refractivity contribution in [1.29, 1.82) is 0 Å². The fraction of sp³-hybridized carbons (Fsp3) is 0.429. The van der Waals surface area contributed by atoms with E-state index >= 15 is 0 Å². The summed E-state index contributed by atoms with van der Waals surface area (Å²) < 4.78 is 0. The van der Waals surface area contributed by atoms with E-state index in [9.17, 15) is 9.90 Å². The molecule has 0 aliphatic heterocycles. The smallest absolute Gasteiger partial charge is 0.318 e. The van der Waals surface area contributed by atoms with Gasteiger partial charge in [0, 0.05) is 30.5 Å². The Bertz CT molecular complexity index is 701. The molecule has 0 aliphatic rings. The number of benzene rings is 1. The van der Waals surface area contributed by atoms with Crippen LogP contribution in [-0.2, 0) is 13.0 Å². The third-order valence-electron chi connectivity index (χ3n) is 4.11. The Balaban J connectivity index is 2.06. The highest BCUT2D eigenvalue weighted by Gasteiger charge is 2.25. The molecule has 6 heteroatoms. The molecule has 0 saturated carbocycles. The third-order valence-corrected chi connectivity index (χ3v) is 4.11. The van der Waals surface area contributed by atoms with Gasteiger partial charge in [-0.2, -0.15) is 0 Å². The lowest BCUT2D eigenvalue weighted by atomic mass is 10.0. The number of nitrogens with one attached hydrogen (secondary N) is 1. The van der Waals surface area contributed by atoms with Crippen molar-refractivity contribution in [2.24, 2.45) is 5.73 Å². The van der Waals surface area contributed by atoms with E-state index in [4.69, 9.17) is 5.73 Å². The van der Waals surface area contributed by atoms with E-state index in [1.165, 1.54) is 0 Å². The highest BCUT2D eigenvalue weighted by molar-refractivity contribution is 5.75. The van der Waals surface area contributed by atoms with Crippen molar-refractivity contribution in [2.45, 2.75) is 51.4 Å². The lowest BCUT2D eigenvalue weighted by Gasteiger charge is -2.31. The number of hydrogen-bond acceptors (Lipinski definition) is 4. The van der Waals surface area contributed by atoms with Crippen LogP contribution in [0.25, 0.3) is 0 Å². The van der Waals surface area contributed by atoms with E-state index in [1.807, 2.05) is 63.2 Å². The summed E-state index contributed by atoms with van der Waals surface area (Å²) in [6.07, 6.45) is 3.09. The van der Waals surface area contributed by atoms with Crippen molar-refractivity contribution in [3.05, 3.63) is 66.0 Å². The van der Waals surface area contributed by atoms with Crippen molar-refractivity contribution < 1.29 is 9.90 Å². The van der Waals surface area contributed by atoms with Crippen LogP contribution in [0.3, 0.4) is 0 Å². The Hall–Kier alpha value is -2.44. The Morgan fingerprint density at radius 3 is 2.37 bits per heavy atom. The van der Waals surface area contributed by atoms with Crippen LogP contribution < -0.4 is 11.1 Å². The van der Waals surface area contributed by atoms with Gasteiger partial charge >= 0.3 is 6.03 Å². The second kappa shape index (κ2) is 9.48. The maximum absolute atomic E-state index is 12.7. The highest BCUT2D eigenvalue weighted by atomic mass is 16.3. The quantitative estimate of drug-likeness (QED) is 0.697. The molecule has 1 aromatic heterocycles. The molecule has 0 saturated heterocycles. The maximum atomic E-state index is 12.7. The highest BCUT2D eigenvalue weighted by Crippen LogP contribution is 2.10. The minimum atomic E-state index is -0.835. The summed E-state index contributed by atoms with van der Waals surface area (Å²) in [7, 11) is 0. The summed E-state index contributed by atoms with van der Waals surface area (Å²) in [6, 6.07) is 12.8. The molecule has 0 bridgehead atoms. The molecule has 27 heavy (non-hydrogen) atoms. The molecule has 0 radical (unpaired) electrons. The number of aromatic nitrogens is 1. The van der Waals surface area contributed by atoms with Gasteiger partial charge in [0.05, 0.1) is 12.6 Å². The average molecular weight is 370 g/mol. The summed E-state index contributed by atoms with van der Waals surface area (Å²) in [4.78, 5) is 18.3. The first-order valence-corrected chi connectivity index (χ1v) is 9.18. The van der Waals surface area contributed by atoms with Gasteiger partial charge in [-0.15, -0.1) is 0 Å². The predicted molar refractivity (Wildman–Crippen MR) is 107 cm³/mol. The zero-order chi connectivity index (χ0) is 19.9. The molecule has 0 spiro atoms. The zero-order valence-electron chi connectivity index (χ0n) is 16.3. The molecular formula is C21H30N4O2. The SMILES string of the molecule is CC(C)(C)NC(=O)N(Cc1ccncc1)C[C@@H](O)[C@@H](N)Cc1ccccc1. The summed E-state index contributed by atoms with van der Waals surface area (Å²) in [6.45, 7) is 6.30. The molecule has 2 rings (SSSR count). The molecule has 4 N–H and O–H groups in total. The van der Waals surface area contributed by atoms with E-state index in [-0.39, 0.29) is 18.1 Å². The molecule has 6 nitrogen and oxygen atoms in total. The zero-order valence-corrected chi connectivity index (χ0v) is 16.3. The van der Waals surface area contributed by atoms with Gasteiger partial charge in [-0.3, -0.25) is 4.98 Å². The average Bonchev–Trinajstić information content (AvgIpc) is 2.61. The molecule has 1 heterocycles. The second-order valence-electron chi connectivity index (χ2n) is 7.84. The molecule has 2 aromatic rings. The predicted octanol–water partition coefficient (Wildman–Crippen LogP) is 2.32. The van der Waals surface area contributed by atoms with E-state index < -0.39 is 12.1 Å². The van der Waals surface area contributed by atoms with Crippen molar-refractivity contribution in [3.8, 4) is 0 Å². The van der Waals surface area contributed by atoms with Crippen LogP contribution in [0.4, 0.5) is 4.79 Å². The Morgan fingerprint density at radius 1 is 1.15 bits per heavy atom. The third kappa shape index (κ3) is 7.37. The summed E-state index contributed by atoms with van der Waals surface area (Å²) >= 11 is 0. The molecule has 1 aromatic carbocycles. The molecule has 146 valence electrons. The number of urea groups is 1. The standard InChI is InChI=1S/C21H30N4O2/c1-21(2,3)24-20(27)25(14-17-9-11-23-12-10-17)15-19(26)18(22)13-16-7-5-4-6-8-16/h4-12,18-19,26H,13-15,22H2,1-3H3,(H,24,27)/t18-,19+/m0/s1. The van der Waals surface area contributed by atoms with Crippen LogP contribution in [0.2, 0.25) is 0 Å². The first-order valence-electron chi connectivity index (χ1n) is 9.18. The van der Waals surface area contributed by atoms with E-state index in [0.717, 1.165) is 11.1 Å². The van der Waals surface area contributed by atoms with Gasteiger partial charge in [0.2, 0.25) is 0 Å². The fourth-order valence-electron chi connectivity index (χ4n) is 2.71. The van der Waals surface area contributed by atoms with Crippen molar-refractivity contribution in [2.75, 3.05) is 6.54 Å². The number of nitrogens with two attached hydrogens (primary N) is 1. The first-order chi connectivity index (χ1) is 12.7. The first kappa shape index (κ1) is 20.9. The topological polar surface area (TPSA) is 91.5 Å². The number of carbonyl (C=O) groups is 1. The van der Waals surface area contributed by atoms with Crippen LogP contribution in [0, 0.1) is 0 Å². The molecule has 0 aliphatic carbocycles. The summed E-state index contributed by atoms with van der Waals surface area (Å²) in [5.74, 6) is 0. The minimum absolute atomic E-state index is 0.151. The number of aliphatic hydroxyl groups excluding tert-OH is 1. The van der Waals surface area contributed by atoms with Gasteiger partial charge in [-0.25, -0.2) is 4.79 Å². The lowest BCUT2D eigenvalue weighted by molar-refractivity contribution is 0.0955. The number of aliphatic hydroxyl groups is 1. The monoisotopic (exact) mass is 370 g/mol. The van der Waals surface area contributed by atoms with Crippen LogP contribution in [0.1, 0.15) is 31.9 Å². The largest absolute Gasteiger partial charge is 0.390 e.